The number of aromatic nitrogens is 8. The fraction of sp³-hybridized carbons (Fsp3) is 0.162. The van der Waals surface area contributed by atoms with Gasteiger partial charge in [-0.1, -0.05) is 59.7 Å². The maximum atomic E-state index is 15.0. The van der Waals surface area contributed by atoms with Crippen LogP contribution in [0.15, 0.2) is 109 Å². The van der Waals surface area contributed by atoms with Crippen molar-refractivity contribution in [1.29, 1.82) is 0 Å². The fourth-order valence-electron chi connectivity index (χ4n) is 12.5. The Morgan fingerprint density at radius 2 is 0.667 bits per heavy atom. The van der Waals surface area contributed by atoms with E-state index >= 15 is 0 Å². The van der Waals surface area contributed by atoms with Crippen molar-refractivity contribution in [2.75, 3.05) is 13.2 Å². The molecule has 0 saturated carbocycles. The summed E-state index contributed by atoms with van der Waals surface area (Å²) in [4.78, 5) is 91.5. The van der Waals surface area contributed by atoms with E-state index in [0.29, 0.717) is 112 Å². The number of benzene rings is 3. The van der Waals surface area contributed by atoms with Gasteiger partial charge in [0.05, 0.1) is 80.8 Å². The molecule has 0 saturated heterocycles. The van der Waals surface area contributed by atoms with E-state index in [0.717, 1.165) is 55.6 Å². The quantitative estimate of drug-likeness (QED) is 0.0663. The lowest BCUT2D eigenvalue weighted by Crippen LogP contribution is -2.11. The third-order valence-electron chi connectivity index (χ3n) is 16.2. The van der Waals surface area contributed by atoms with Crippen molar-refractivity contribution in [3.63, 3.8) is 0 Å². The second kappa shape index (κ2) is 23.8. The van der Waals surface area contributed by atoms with Gasteiger partial charge in [-0.25, -0.2) is 39.1 Å². The van der Waals surface area contributed by atoms with E-state index in [9.17, 15) is 19.2 Å². The highest BCUT2D eigenvalue weighted by atomic mass is 16.5. The topological polar surface area (TPSA) is 220 Å². The summed E-state index contributed by atoms with van der Waals surface area (Å²) in [6.45, 7) is 15.9. The second-order valence-corrected chi connectivity index (χ2v) is 22.6. The standard InChI is InChI=1S/C74H62N8O8/c1-9-87-71(83)67-55-19-15-47(75-55)35-49-17-21-57(77-49)69(61-29-25-53(81-61)65(51-23-27-59(67)79-51)63-41(5)31-39(3)32-42(63)6)73(85)89-37-45-13-11-12-14-46(45)38-90-74(86)70-58-22-18-50(78-58)36-48-16-20-56(76-48)68(72(84)88-10-2)60-28-24-52(80-60)66(54-26-30-62(70)82-54)64-43(7)33-40(4)34-44(64)8/h11-36,75-76,81-82H,9-10,37-38H2,1-8H3. The molecule has 10 heterocycles. The second-order valence-electron chi connectivity index (χ2n) is 22.6. The van der Waals surface area contributed by atoms with E-state index in [1.54, 1.807) is 26.0 Å². The molecule has 90 heavy (non-hydrogen) atoms. The van der Waals surface area contributed by atoms with E-state index in [-0.39, 0.29) is 37.6 Å². The monoisotopic (exact) mass is 1190 g/mol. The summed E-state index contributed by atoms with van der Waals surface area (Å²) in [5, 5.41) is 0. The molecule has 0 radical (unpaired) electrons. The minimum Gasteiger partial charge on any atom is -0.462 e. The van der Waals surface area contributed by atoms with Crippen LogP contribution >= 0.6 is 0 Å². The van der Waals surface area contributed by atoms with Gasteiger partial charge in [-0.15, -0.1) is 0 Å². The number of fused-ring (bicyclic) bond motifs is 16. The van der Waals surface area contributed by atoms with Crippen LogP contribution < -0.4 is 0 Å². The van der Waals surface area contributed by atoms with Gasteiger partial charge < -0.3 is 38.9 Å². The molecule has 13 rings (SSSR count). The van der Waals surface area contributed by atoms with Gasteiger partial charge in [0.15, 0.2) is 0 Å². The third-order valence-corrected chi connectivity index (χ3v) is 16.2. The van der Waals surface area contributed by atoms with Crippen LogP contribution in [0.3, 0.4) is 0 Å². The Morgan fingerprint density at radius 3 is 1.06 bits per heavy atom. The number of ether oxygens (including phenoxy) is 4. The molecule has 9 aromatic rings. The molecule has 16 bridgehead atoms. The lowest BCUT2D eigenvalue weighted by molar-refractivity contribution is 0.0437. The largest absolute Gasteiger partial charge is 0.462 e. The van der Waals surface area contributed by atoms with Gasteiger partial charge in [0, 0.05) is 33.2 Å². The molecule has 3 aromatic carbocycles. The Bertz CT molecular complexity index is 4690. The summed E-state index contributed by atoms with van der Waals surface area (Å²) in [6, 6.07) is 34.3. The van der Waals surface area contributed by atoms with Crippen LogP contribution in [0.2, 0.25) is 0 Å². The zero-order chi connectivity index (χ0) is 62.5. The van der Waals surface area contributed by atoms with Crippen LogP contribution in [-0.2, 0) is 32.2 Å². The van der Waals surface area contributed by atoms with E-state index in [4.69, 9.17) is 38.9 Å². The first-order chi connectivity index (χ1) is 43.6. The SMILES string of the molecule is CCOC(=O)c1c2nc(c(-c3c(C)cc(C)cc3C)c3ccc([nH]3)c(C(=O)OCc3ccccc3COC(=O)c3c4nc(cc5ccc([nH]5)c(C(=O)OCC)c5nc(c(-c6c(C)cc(C)cc6C)c6ccc3[nH]6)C=C5)C=C4)c3nc(cc4ccc1[nH]4)C=C3)C=C2. The third kappa shape index (κ3) is 11.0. The Balaban J connectivity index is 0.881. The molecule has 4 aliphatic rings. The van der Waals surface area contributed by atoms with Gasteiger partial charge in [0.25, 0.3) is 0 Å². The van der Waals surface area contributed by atoms with Gasteiger partial charge in [0.1, 0.15) is 35.5 Å². The number of rotatable bonds is 12. The maximum Gasteiger partial charge on any atom is 0.342 e. The van der Waals surface area contributed by atoms with Crippen molar-refractivity contribution in [2.45, 2.75) is 68.6 Å². The predicted molar refractivity (Wildman–Crippen MR) is 354 cm³/mol. The van der Waals surface area contributed by atoms with Gasteiger partial charge in [-0.3, -0.25) is 0 Å². The van der Waals surface area contributed by atoms with Crippen molar-refractivity contribution in [2.24, 2.45) is 0 Å². The lowest BCUT2D eigenvalue weighted by atomic mass is 9.92. The fourth-order valence-corrected chi connectivity index (χ4v) is 12.5. The first-order valence-electron chi connectivity index (χ1n) is 29.8. The molecule has 4 N–H and O–H groups in total. The van der Waals surface area contributed by atoms with Crippen LogP contribution in [0.5, 0.6) is 0 Å². The van der Waals surface area contributed by atoms with Crippen LogP contribution in [0.25, 0.3) is 115 Å². The number of hydrogen-bond acceptors (Lipinski definition) is 12. The van der Waals surface area contributed by atoms with Gasteiger partial charge >= 0.3 is 23.9 Å². The minimum absolute atomic E-state index is 0.180. The summed E-state index contributed by atoms with van der Waals surface area (Å²) in [6.07, 6.45) is 14.6. The van der Waals surface area contributed by atoms with E-state index < -0.39 is 23.9 Å². The van der Waals surface area contributed by atoms with E-state index in [1.807, 2.05) is 121 Å². The van der Waals surface area contributed by atoms with Crippen LogP contribution in [0.4, 0.5) is 0 Å². The van der Waals surface area contributed by atoms with Crippen molar-refractivity contribution in [3.05, 3.63) is 222 Å². The molecular weight excluding hydrogens is 1130 g/mol. The molecule has 0 amide bonds. The molecule has 0 aliphatic carbocycles. The summed E-state index contributed by atoms with van der Waals surface area (Å²) in [5.41, 5.74) is 20.4. The zero-order valence-electron chi connectivity index (χ0n) is 50.9. The first kappa shape index (κ1) is 57.8. The van der Waals surface area contributed by atoms with Gasteiger partial charge in [-0.2, -0.15) is 0 Å². The van der Waals surface area contributed by atoms with Crippen molar-refractivity contribution < 1.29 is 38.1 Å². The molecule has 0 fully saturated rings. The molecule has 4 aliphatic heterocycles. The number of esters is 4. The van der Waals surface area contributed by atoms with E-state index in [1.165, 1.54) is 0 Å². The average molecular weight is 1190 g/mol. The highest BCUT2D eigenvalue weighted by Gasteiger charge is 2.26. The molecular formula is C74H62N8O8. The maximum absolute atomic E-state index is 15.0. The average Bonchev–Trinajstić information content (AvgIpc) is 1.65. The van der Waals surface area contributed by atoms with Crippen LogP contribution in [-0.4, -0.2) is 77.0 Å². The van der Waals surface area contributed by atoms with Crippen molar-refractivity contribution >= 4 is 117 Å². The van der Waals surface area contributed by atoms with Gasteiger partial charge in [-0.05, 0) is 209 Å². The molecule has 16 heteroatoms. The lowest BCUT2D eigenvalue weighted by Gasteiger charge is -2.13. The number of nitrogens with zero attached hydrogens (tertiary/aromatic N) is 4. The summed E-state index contributed by atoms with van der Waals surface area (Å²) in [5.74, 6) is -2.32. The molecule has 6 aromatic heterocycles. The number of aryl methyl sites for hydroxylation is 6. The highest BCUT2D eigenvalue weighted by Crippen LogP contribution is 2.39. The highest BCUT2D eigenvalue weighted by molar-refractivity contribution is 6.07. The summed E-state index contributed by atoms with van der Waals surface area (Å²) >= 11 is 0. The minimum atomic E-state index is -0.651. The van der Waals surface area contributed by atoms with Crippen molar-refractivity contribution in [3.8, 4) is 22.3 Å². The van der Waals surface area contributed by atoms with E-state index in [2.05, 4.69) is 85.7 Å². The molecule has 16 nitrogen and oxygen atoms in total. The predicted octanol–water partition coefficient (Wildman–Crippen LogP) is 15.9. The number of carbonyl (C=O) groups is 4. The van der Waals surface area contributed by atoms with Gasteiger partial charge in [0.2, 0.25) is 0 Å². The number of hydrogen-bond donors (Lipinski definition) is 4. The first-order valence-corrected chi connectivity index (χ1v) is 29.8. The molecule has 0 atom stereocenters. The zero-order valence-corrected chi connectivity index (χ0v) is 50.9. The number of aromatic amines is 4. The number of carbonyl (C=O) groups excluding carboxylic acids is 4. The van der Waals surface area contributed by atoms with Crippen LogP contribution in [0.1, 0.15) is 145 Å². The Kier molecular flexibility index (Phi) is 15.3. The van der Waals surface area contributed by atoms with Crippen molar-refractivity contribution in [1.82, 2.24) is 39.9 Å². The Morgan fingerprint density at radius 1 is 0.344 bits per heavy atom. The normalized spacial score (nSPS) is 12.2. The Hall–Kier alpha value is -11.3. The smallest absolute Gasteiger partial charge is 0.342 e. The molecule has 0 unspecified atom stereocenters. The summed E-state index contributed by atoms with van der Waals surface area (Å²) in [7, 11) is 0. The van der Waals surface area contributed by atoms with Crippen LogP contribution in [0, 0.1) is 41.5 Å². The molecule has 0 spiro atoms. The number of nitrogens with one attached hydrogen (secondary N) is 4. The number of H-pyrrole nitrogens is 4. The molecule has 446 valence electrons. The Labute approximate surface area is 517 Å². The summed E-state index contributed by atoms with van der Waals surface area (Å²) < 4.78 is 23.7.